The van der Waals surface area contributed by atoms with Crippen molar-refractivity contribution >= 4 is 29.0 Å². The predicted molar refractivity (Wildman–Crippen MR) is 91.1 cm³/mol. The van der Waals surface area contributed by atoms with Crippen LogP contribution in [0.1, 0.15) is 17.4 Å². The Hall–Kier alpha value is -3.00. The number of hydrogen-bond donors (Lipinski definition) is 3. The molecule has 0 fully saturated rings. The number of benzene rings is 1. The van der Waals surface area contributed by atoms with E-state index >= 15 is 0 Å². The summed E-state index contributed by atoms with van der Waals surface area (Å²) in [7, 11) is 1.61. The third kappa shape index (κ3) is 5.33. The Morgan fingerprint density at radius 3 is 2.21 bits per heavy atom. The number of rotatable bonds is 7. The molecule has 0 aliphatic rings. The van der Waals surface area contributed by atoms with Gasteiger partial charge in [0.2, 0.25) is 5.91 Å². The van der Waals surface area contributed by atoms with Gasteiger partial charge in [0.05, 0.1) is 6.61 Å². The molecule has 1 heterocycles. The monoisotopic (exact) mass is 329 g/mol. The molecule has 8 nitrogen and oxygen atoms in total. The van der Waals surface area contributed by atoms with E-state index in [1.807, 2.05) is 0 Å². The first-order valence-electron chi connectivity index (χ1n) is 7.34. The number of nitrogens with zero attached hydrogens (tertiary/aromatic N) is 2. The summed E-state index contributed by atoms with van der Waals surface area (Å²) < 4.78 is 4.92. The lowest BCUT2D eigenvalue weighted by Crippen LogP contribution is -2.15. The molecule has 0 saturated carbocycles. The summed E-state index contributed by atoms with van der Waals surface area (Å²) in [5.74, 6) is 0.0581. The Morgan fingerprint density at radius 2 is 1.67 bits per heavy atom. The van der Waals surface area contributed by atoms with E-state index in [4.69, 9.17) is 4.74 Å². The third-order valence-electron chi connectivity index (χ3n) is 2.97. The van der Waals surface area contributed by atoms with Crippen LogP contribution in [0.5, 0.6) is 0 Å². The van der Waals surface area contributed by atoms with Crippen LogP contribution in [0.2, 0.25) is 0 Å². The normalized spacial score (nSPS) is 10.1. The fourth-order valence-corrected chi connectivity index (χ4v) is 1.86. The van der Waals surface area contributed by atoms with Crippen LogP contribution in [0.3, 0.4) is 0 Å². The zero-order valence-corrected chi connectivity index (χ0v) is 13.5. The van der Waals surface area contributed by atoms with Crippen LogP contribution in [0, 0.1) is 0 Å². The van der Waals surface area contributed by atoms with E-state index in [0.717, 1.165) is 0 Å². The summed E-state index contributed by atoms with van der Waals surface area (Å²) >= 11 is 0. The zero-order chi connectivity index (χ0) is 17.4. The maximum atomic E-state index is 12.1. The van der Waals surface area contributed by atoms with Crippen LogP contribution in [0.25, 0.3) is 0 Å². The van der Waals surface area contributed by atoms with Crippen molar-refractivity contribution in [2.45, 2.75) is 6.92 Å². The van der Waals surface area contributed by atoms with Gasteiger partial charge in [0.25, 0.3) is 5.91 Å². The number of methoxy groups -OCH3 is 1. The van der Waals surface area contributed by atoms with Crippen molar-refractivity contribution in [3.05, 3.63) is 42.1 Å². The molecule has 0 unspecified atom stereocenters. The number of carbonyl (C=O) groups excluding carboxylic acids is 2. The maximum absolute atomic E-state index is 12.1. The fourth-order valence-electron chi connectivity index (χ4n) is 1.86. The molecule has 2 amide bonds. The lowest BCUT2D eigenvalue weighted by molar-refractivity contribution is -0.114. The highest BCUT2D eigenvalue weighted by atomic mass is 16.5. The maximum Gasteiger partial charge on any atom is 0.276 e. The van der Waals surface area contributed by atoms with Gasteiger partial charge in [-0.3, -0.25) is 9.59 Å². The SMILES string of the molecule is COCCNc1ccc(C(=O)Nc2ccc(NC(C)=O)cc2)nn1. The number of aromatic nitrogens is 2. The molecule has 0 aliphatic heterocycles. The molecular formula is C16H19N5O3. The highest BCUT2D eigenvalue weighted by Gasteiger charge is 2.09. The van der Waals surface area contributed by atoms with Crippen molar-refractivity contribution in [3.8, 4) is 0 Å². The molecule has 8 heteroatoms. The van der Waals surface area contributed by atoms with Crippen LogP contribution in [-0.4, -0.2) is 42.3 Å². The van der Waals surface area contributed by atoms with Crippen molar-refractivity contribution in [3.63, 3.8) is 0 Å². The number of ether oxygens (including phenoxy) is 1. The van der Waals surface area contributed by atoms with E-state index in [0.29, 0.717) is 30.3 Å². The number of amides is 2. The zero-order valence-electron chi connectivity index (χ0n) is 13.5. The average molecular weight is 329 g/mol. The van der Waals surface area contributed by atoms with Gasteiger partial charge in [-0.15, -0.1) is 10.2 Å². The fraction of sp³-hybridized carbons (Fsp3) is 0.250. The quantitative estimate of drug-likeness (QED) is 0.668. The first-order chi connectivity index (χ1) is 11.6. The first kappa shape index (κ1) is 17.4. The number of carbonyl (C=O) groups is 2. The van der Waals surface area contributed by atoms with Crippen LogP contribution < -0.4 is 16.0 Å². The minimum Gasteiger partial charge on any atom is -0.383 e. The second-order valence-corrected chi connectivity index (χ2v) is 4.94. The Kier molecular flexibility index (Phi) is 6.21. The summed E-state index contributed by atoms with van der Waals surface area (Å²) in [6.45, 7) is 2.60. The van der Waals surface area contributed by atoms with Gasteiger partial charge < -0.3 is 20.7 Å². The highest BCUT2D eigenvalue weighted by Crippen LogP contribution is 2.14. The molecule has 2 rings (SSSR count). The minimum atomic E-state index is -0.363. The summed E-state index contributed by atoms with van der Waals surface area (Å²) in [6.07, 6.45) is 0. The Labute approximate surface area is 139 Å². The lowest BCUT2D eigenvalue weighted by Gasteiger charge is -2.07. The van der Waals surface area contributed by atoms with E-state index in [1.54, 1.807) is 43.5 Å². The molecule has 0 radical (unpaired) electrons. The van der Waals surface area contributed by atoms with Crippen molar-refractivity contribution < 1.29 is 14.3 Å². The number of anilines is 3. The smallest absolute Gasteiger partial charge is 0.276 e. The predicted octanol–water partition coefficient (Wildman–Crippen LogP) is 1.75. The lowest BCUT2D eigenvalue weighted by atomic mass is 10.2. The van der Waals surface area contributed by atoms with Gasteiger partial charge >= 0.3 is 0 Å². The largest absolute Gasteiger partial charge is 0.383 e. The van der Waals surface area contributed by atoms with Gasteiger partial charge in [-0.25, -0.2) is 0 Å². The Bertz CT molecular complexity index is 686. The molecule has 126 valence electrons. The topological polar surface area (TPSA) is 105 Å². The molecule has 0 saturated heterocycles. The van der Waals surface area contributed by atoms with Crippen LogP contribution in [-0.2, 0) is 9.53 Å². The molecule has 0 aliphatic carbocycles. The summed E-state index contributed by atoms with van der Waals surface area (Å²) in [4.78, 5) is 23.1. The Balaban J connectivity index is 1.93. The van der Waals surface area contributed by atoms with Gasteiger partial charge in [-0.1, -0.05) is 0 Å². The molecule has 1 aromatic carbocycles. The minimum absolute atomic E-state index is 0.152. The van der Waals surface area contributed by atoms with Crippen LogP contribution >= 0.6 is 0 Å². The van der Waals surface area contributed by atoms with Crippen LogP contribution in [0.4, 0.5) is 17.2 Å². The molecule has 0 bridgehead atoms. The van der Waals surface area contributed by atoms with E-state index < -0.39 is 0 Å². The Morgan fingerprint density at radius 1 is 1.00 bits per heavy atom. The highest BCUT2D eigenvalue weighted by molar-refractivity contribution is 6.03. The second-order valence-electron chi connectivity index (χ2n) is 4.94. The van der Waals surface area contributed by atoms with Crippen molar-refractivity contribution in [2.75, 3.05) is 36.2 Å². The molecule has 0 spiro atoms. The molecule has 0 atom stereocenters. The van der Waals surface area contributed by atoms with E-state index in [-0.39, 0.29) is 17.5 Å². The van der Waals surface area contributed by atoms with Gasteiger partial charge in [-0.2, -0.15) is 0 Å². The first-order valence-corrected chi connectivity index (χ1v) is 7.34. The van der Waals surface area contributed by atoms with Crippen molar-refractivity contribution in [1.82, 2.24) is 10.2 Å². The average Bonchev–Trinajstić information content (AvgIpc) is 2.57. The number of nitrogens with one attached hydrogen (secondary N) is 3. The van der Waals surface area contributed by atoms with E-state index in [2.05, 4.69) is 26.1 Å². The molecular weight excluding hydrogens is 310 g/mol. The van der Waals surface area contributed by atoms with Gasteiger partial charge in [-0.05, 0) is 36.4 Å². The van der Waals surface area contributed by atoms with E-state index in [9.17, 15) is 9.59 Å². The van der Waals surface area contributed by atoms with Crippen molar-refractivity contribution in [1.29, 1.82) is 0 Å². The summed E-state index contributed by atoms with van der Waals surface area (Å²) in [5.41, 5.74) is 1.46. The van der Waals surface area contributed by atoms with Gasteiger partial charge in [0.1, 0.15) is 5.82 Å². The van der Waals surface area contributed by atoms with Gasteiger partial charge in [0.15, 0.2) is 5.69 Å². The van der Waals surface area contributed by atoms with Crippen molar-refractivity contribution in [2.24, 2.45) is 0 Å². The van der Waals surface area contributed by atoms with Gasteiger partial charge in [0, 0.05) is 32.0 Å². The summed E-state index contributed by atoms with van der Waals surface area (Å²) in [5, 5.41) is 16.2. The number of hydrogen-bond acceptors (Lipinski definition) is 6. The second kappa shape index (κ2) is 8.59. The molecule has 1 aromatic heterocycles. The van der Waals surface area contributed by atoms with E-state index in [1.165, 1.54) is 6.92 Å². The summed E-state index contributed by atoms with van der Waals surface area (Å²) in [6, 6.07) is 10.0. The molecule has 3 N–H and O–H groups in total. The van der Waals surface area contributed by atoms with Crippen LogP contribution in [0.15, 0.2) is 36.4 Å². The molecule has 2 aromatic rings. The molecule has 24 heavy (non-hydrogen) atoms. The standard InChI is InChI=1S/C16H19N5O3/c1-11(22)18-12-3-5-13(6-4-12)19-16(23)14-7-8-15(21-20-14)17-9-10-24-2/h3-8H,9-10H2,1-2H3,(H,17,21)(H,18,22)(H,19,23). The third-order valence-corrected chi connectivity index (χ3v) is 2.97.